The maximum absolute atomic E-state index is 12.8. The zero-order valence-corrected chi connectivity index (χ0v) is 12.5. The van der Waals surface area contributed by atoms with E-state index in [0.717, 1.165) is 24.3 Å². The highest BCUT2D eigenvalue weighted by atomic mass is 35.5. The Bertz CT molecular complexity index is 788. The standard InChI is InChI=1S/C14H11ClFNO3S/c1-9(18)10-2-7-13(15)14(8-10)17-21(19,20)12-5-3-11(16)4-6-12/h2-8,17H,1H3. The average molecular weight is 328 g/mol. The fourth-order valence-corrected chi connectivity index (χ4v) is 2.93. The molecule has 7 heteroatoms. The monoisotopic (exact) mass is 327 g/mol. The Kier molecular flexibility index (Phi) is 4.29. The van der Waals surface area contributed by atoms with Gasteiger partial charge in [0.15, 0.2) is 5.78 Å². The molecule has 0 heterocycles. The molecular formula is C14H11ClFNO3S. The van der Waals surface area contributed by atoms with Gasteiger partial charge in [-0.2, -0.15) is 0 Å². The zero-order chi connectivity index (χ0) is 15.6. The SMILES string of the molecule is CC(=O)c1ccc(Cl)c(NS(=O)(=O)c2ccc(F)cc2)c1. The average Bonchev–Trinajstić information content (AvgIpc) is 2.41. The Morgan fingerprint density at radius 1 is 1.14 bits per heavy atom. The van der Waals surface area contributed by atoms with Crippen molar-refractivity contribution in [3.63, 3.8) is 0 Å². The minimum absolute atomic E-state index is 0.0914. The van der Waals surface area contributed by atoms with Crippen molar-refractivity contribution in [1.82, 2.24) is 0 Å². The third kappa shape index (κ3) is 3.59. The van der Waals surface area contributed by atoms with Crippen molar-refractivity contribution in [2.24, 2.45) is 0 Å². The van der Waals surface area contributed by atoms with Gasteiger partial charge in [0.2, 0.25) is 0 Å². The van der Waals surface area contributed by atoms with Crippen LogP contribution < -0.4 is 4.72 Å². The van der Waals surface area contributed by atoms with Crippen LogP contribution in [0.25, 0.3) is 0 Å². The second-order valence-corrected chi connectivity index (χ2v) is 6.40. The molecule has 0 unspecified atom stereocenters. The Labute approximate surface area is 126 Å². The molecule has 2 rings (SSSR count). The van der Waals surface area contributed by atoms with Gasteiger partial charge in [-0.15, -0.1) is 0 Å². The van der Waals surface area contributed by atoms with Gasteiger partial charge >= 0.3 is 0 Å². The smallest absolute Gasteiger partial charge is 0.261 e. The number of rotatable bonds is 4. The largest absolute Gasteiger partial charge is 0.295 e. The summed E-state index contributed by atoms with van der Waals surface area (Å²) in [6.45, 7) is 1.36. The van der Waals surface area contributed by atoms with Crippen molar-refractivity contribution in [2.45, 2.75) is 11.8 Å². The van der Waals surface area contributed by atoms with E-state index in [4.69, 9.17) is 11.6 Å². The predicted molar refractivity (Wildman–Crippen MR) is 78.7 cm³/mol. The second-order valence-electron chi connectivity index (χ2n) is 4.31. The molecule has 1 N–H and O–H groups in total. The lowest BCUT2D eigenvalue weighted by Crippen LogP contribution is -2.13. The molecule has 0 aromatic heterocycles. The highest BCUT2D eigenvalue weighted by Gasteiger charge is 2.16. The molecule has 0 radical (unpaired) electrons. The fraction of sp³-hybridized carbons (Fsp3) is 0.0714. The maximum atomic E-state index is 12.8. The highest BCUT2D eigenvalue weighted by molar-refractivity contribution is 7.92. The van der Waals surface area contributed by atoms with Crippen molar-refractivity contribution >= 4 is 33.1 Å². The van der Waals surface area contributed by atoms with E-state index >= 15 is 0 Å². The van der Waals surface area contributed by atoms with Gasteiger partial charge in [-0.1, -0.05) is 11.6 Å². The van der Waals surface area contributed by atoms with E-state index in [1.54, 1.807) is 0 Å². The van der Waals surface area contributed by atoms with Crippen molar-refractivity contribution in [2.75, 3.05) is 4.72 Å². The van der Waals surface area contributed by atoms with E-state index in [1.165, 1.54) is 25.1 Å². The number of sulfonamides is 1. The number of benzene rings is 2. The summed E-state index contributed by atoms with van der Waals surface area (Å²) in [5, 5.41) is 0.158. The number of hydrogen-bond acceptors (Lipinski definition) is 3. The van der Waals surface area contributed by atoms with Gasteiger partial charge in [0.05, 0.1) is 15.6 Å². The van der Waals surface area contributed by atoms with Gasteiger partial charge in [-0.25, -0.2) is 12.8 Å². The predicted octanol–water partition coefficient (Wildman–Crippen LogP) is 3.48. The second kappa shape index (κ2) is 5.83. The minimum Gasteiger partial charge on any atom is -0.295 e. The molecule has 2 aromatic carbocycles. The van der Waals surface area contributed by atoms with Crippen molar-refractivity contribution in [1.29, 1.82) is 0 Å². The molecule has 0 aliphatic carbocycles. The fourth-order valence-electron chi connectivity index (χ4n) is 1.64. The van der Waals surface area contributed by atoms with Crippen LogP contribution in [0.3, 0.4) is 0 Å². The maximum Gasteiger partial charge on any atom is 0.261 e. The summed E-state index contributed by atoms with van der Waals surface area (Å²) < 4.78 is 39.5. The Hall–Kier alpha value is -1.92. The lowest BCUT2D eigenvalue weighted by molar-refractivity contribution is 0.101. The van der Waals surface area contributed by atoms with Gasteiger partial charge < -0.3 is 0 Å². The number of anilines is 1. The molecule has 0 saturated heterocycles. The lowest BCUT2D eigenvalue weighted by atomic mass is 10.1. The molecule has 2 aromatic rings. The zero-order valence-electron chi connectivity index (χ0n) is 10.9. The number of carbonyl (C=O) groups excluding carboxylic acids is 1. The first-order valence-corrected chi connectivity index (χ1v) is 7.74. The molecular weight excluding hydrogens is 317 g/mol. The van der Waals surface area contributed by atoms with E-state index < -0.39 is 15.8 Å². The van der Waals surface area contributed by atoms with Crippen molar-refractivity contribution < 1.29 is 17.6 Å². The molecule has 4 nitrogen and oxygen atoms in total. The molecule has 0 bridgehead atoms. The van der Waals surface area contributed by atoms with Crippen LogP contribution in [0.2, 0.25) is 5.02 Å². The van der Waals surface area contributed by atoms with Crippen LogP contribution in [-0.2, 0) is 10.0 Å². The van der Waals surface area contributed by atoms with E-state index in [1.807, 2.05) is 0 Å². The van der Waals surface area contributed by atoms with E-state index in [9.17, 15) is 17.6 Å². The number of nitrogens with one attached hydrogen (secondary N) is 1. The number of ketones is 1. The van der Waals surface area contributed by atoms with E-state index in [0.29, 0.717) is 5.56 Å². The topological polar surface area (TPSA) is 63.2 Å². The summed E-state index contributed by atoms with van der Waals surface area (Å²) in [5.41, 5.74) is 0.421. The van der Waals surface area contributed by atoms with Gasteiger partial charge in [-0.3, -0.25) is 9.52 Å². The highest BCUT2D eigenvalue weighted by Crippen LogP contribution is 2.26. The summed E-state index contributed by atoms with van der Waals surface area (Å²) in [4.78, 5) is 11.2. The molecule has 0 saturated carbocycles. The normalized spacial score (nSPS) is 11.2. The van der Waals surface area contributed by atoms with Crippen LogP contribution in [0, 0.1) is 5.82 Å². The van der Waals surface area contributed by atoms with Crippen LogP contribution in [0.1, 0.15) is 17.3 Å². The van der Waals surface area contributed by atoms with E-state index in [2.05, 4.69) is 4.72 Å². The number of hydrogen-bond donors (Lipinski definition) is 1. The Morgan fingerprint density at radius 2 is 1.76 bits per heavy atom. The third-order valence-corrected chi connectivity index (χ3v) is 4.45. The van der Waals surface area contributed by atoms with Gasteiger partial charge in [0.1, 0.15) is 5.82 Å². The van der Waals surface area contributed by atoms with Gasteiger partial charge in [0.25, 0.3) is 10.0 Å². The van der Waals surface area contributed by atoms with Crippen LogP contribution in [0.4, 0.5) is 10.1 Å². The number of halogens is 2. The first-order chi connectivity index (χ1) is 9.79. The Balaban J connectivity index is 2.38. The lowest BCUT2D eigenvalue weighted by Gasteiger charge is -2.10. The molecule has 0 amide bonds. The number of carbonyl (C=O) groups is 1. The van der Waals surface area contributed by atoms with Gasteiger partial charge in [0, 0.05) is 5.56 Å². The molecule has 0 atom stereocenters. The first kappa shape index (κ1) is 15.5. The quantitative estimate of drug-likeness (QED) is 0.874. The van der Waals surface area contributed by atoms with Crippen LogP contribution >= 0.6 is 11.6 Å². The van der Waals surface area contributed by atoms with Crippen LogP contribution in [-0.4, -0.2) is 14.2 Å². The molecule has 21 heavy (non-hydrogen) atoms. The molecule has 0 fully saturated rings. The third-order valence-electron chi connectivity index (χ3n) is 2.74. The first-order valence-electron chi connectivity index (χ1n) is 5.88. The molecule has 0 aliphatic heterocycles. The summed E-state index contributed by atoms with van der Waals surface area (Å²) >= 11 is 5.92. The van der Waals surface area contributed by atoms with Crippen molar-refractivity contribution in [3.05, 3.63) is 58.9 Å². The Morgan fingerprint density at radius 3 is 2.33 bits per heavy atom. The van der Waals surface area contributed by atoms with Crippen molar-refractivity contribution in [3.8, 4) is 0 Å². The summed E-state index contributed by atoms with van der Waals surface area (Å²) in [5.74, 6) is -0.751. The number of Topliss-reactive ketones (excluding diaryl/α,β-unsaturated/α-hetero) is 1. The minimum atomic E-state index is -3.91. The summed E-state index contributed by atoms with van der Waals surface area (Å²) in [6, 6.07) is 8.65. The molecule has 0 spiro atoms. The van der Waals surface area contributed by atoms with Crippen LogP contribution in [0.15, 0.2) is 47.4 Å². The van der Waals surface area contributed by atoms with Crippen LogP contribution in [0.5, 0.6) is 0 Å². The summed E-state index contributed by atoms with van der Waals surface area (Å²) in [7, 11) is -3.91. The molecule has 0 aliphatic rings. The molecule has 110 valence electrons. The summed E-state index contributed by atoms with van der Waals surface area (Å²) in [6.07, 6.45) is 0. The van der Waals surface area contributed by atoms with Gasteiger partial charge in [-0.05, 0) is 49.4 Å². The van der Waals surface area contributed by atoms with E-state index in [-0.39, 0.29) is 21.4 Å².